The van der Waals surface area contributed by atoms with Crippen LogP contribution in [0.5, 0.6) is 0 Å². The van der Waals surface area contributed by atoms with E-state index in [1.807, 2.05) is 0 Å². The Morgan fingerprint density at radius 1 is 1.17 bits per heavy atom. The van der Waals surface area contributed by atoms with Crippen LogP contribution in [0.2, 0.25) is 0 Å². The van der Waals surface area contributed by atoms with Gasteiger partial charge in [0.15, 0.2) is 0 Å². The Kier molecular flexibility index (Phi) is 1.39. The molecule has 1 spiro atoms. The van der Waals surface area contributed by atoms with Crippen molar-refractivity contribution in [3.8, 4) is 0 Å². The van der Waals surface area contributed by atoms with Crippen LogP contribution >= 0.6 is 0 Å². The monoisotopic (exact) mass is 166 g/mol. The van der Waals surface area contributed by atoms with E-state index in [2.05, 4.69) is 6.92 Å². The van der Waals surface area contributed by atoms with Gasteiger partial charge >= 0.3 is 0 Å². The molecule has 1 heterocycles. The molecule has 0 bridgehead atoms. The highest BCUT2D eigenvalue weighted by atomic mass is 16.5. The minimum Gasteiger partial charge on any atom is -0.375 e. The predicted octanol–water partition coefficient (Wildman–Crippen LogP) is 2.60. The zero-order chi connectivity index (χ0) is 8.18. The van der Waals surface area contributed by atoms with Gasteiger partial charge in [-0.2, -0.15) is 0 Å². The van der Waals surface area contributed by atoms with Crippen molar-refractivity contribution in [2.24, 2.45) is 17.8 Å². The van der Waals surface area contributed by atoms with Crippen molar-refractivity contribution in [1.29, 1.82) is 0 Å². The van der Waals surface area contributed by atoms with E-state index in [4.69, 9.17) is 4.74 Å². The average molecular weight is 166 g/mol. The van der Waals surface area contributed by atoms with E-state index < -0.39 is 0 Å². The summed E-state index contributed by atoms with van der Waals surface area (Å²) < 4.78 is 5.75. The maximum atomic E-state index is 5.75. The van der Waals surface area contributed by atoms with Crippen molar-refractivity contribution in [2.45, 2.75) is 44.6 Å². The van der Waals surface area contributed by atoms with Gasteiger partial charge in [-0.25, -0.2) is 0 Å². The third kappa shape index (κ3) is 0.891. The molecule has 0 N–H and O–H groups in total. The fourth-order valence-corrected chi connectivity index (χ4v) is 3.77. The molecule has 0 aromatic carbocycles. The summed E-state index contributed by atoms with van der Waals surface area (Å²) in [6.45, 7) is 3.45. The van der Waals surface area contributed by atoms with Crippen LogP contribution in [0.25, 0.3) is 0 Å². The Morgan fingerprint density at radius 2 is 1.75 bits per heavy atom. The number of fused-ring (bicyclic) bond motifs is 1. The summed E-state index contributed by atoms with van der Waals surface area (Å²) in [7, 11) is 0. The third-order valence-electron chi connectivity index (χ3n) is 4.31. The highest BCUT2D eigenvalue weighted by Crippen LogP contribution is 2.55. The van der Waals surface area contributed by atoms with Crippen LogP contribution in [0.3, 0.4) is 0 Å². The maximum Gasteiger partial charge on any atom is 0.0710 e. The molecule has 0 radical (unpaired) electrons. The van der Waals surface area contributed by atoms with E-state index in [9.17, 15) is 0 Å². The van der Waals surface area contributed by atoms with Crippen molar-refractivity contribution in [3.05, 3.63) is 0 Å². The van der Waals surface area contributed by atoms with Gasteiger partial charge < -0.3 is 4.74 Å². The summed E-state index contributed by atoms with van der Waals surface area (Å²) in [4.78, 5) is 0. The van der Waals surface area contributed by atoms with Crippen LogP contribution in [-0.4, -0.2) is 12.2 Å². The number of hydrogen-bond acceptors (Lipinski definition) is 1. The van der Waals surface area contributed by atoms with E-state index >= 15 is 0 Å². The van der Waals surface area contributed by atoms with E-state index in [0.29, 0.717) is 5.60 Å². The van der Waals surface area contributed by atoms with Crippen LogP contribution in [-0.2, 0) is 4.74 Å². The minimum absolute atomic E-state index is 0.398. The molecule has 1 aliphatic heterocycles. The number of hydrogen-bond donors (Lipinski definition) is 0. The SMILES string of the molecule is CC1C[C@@H]2CC3(CCO3)C[C@@H]2C1. The largest absolute Gasteiger partial charge is 0.375 e. The summed E-state index contributed by atoms with van der Waals surface area (Å²) in [5.74, 6) is 3.05. The third-order valence-corrected chi connectivity index (χ3v) is 4.31. The van der Waals surface area contributed by atoms with Crippen molar-refractivity contribution in [2.75, 3.05) is 6.61 Å². The van der Waals surface area contributed by atoms with Crippen LogP contribution in [0.1, 0.15) is 39.0 Å². The fraction of sp³-hybridized carbons (Fsp3) is 1.00. The molecule has 2 unspecified atom stereocenters. The van der Waals surface area contributed by atoms with Gasteiger partial charge in [0.2, 0.25) is 0 Å². The summed E-state index contributed by atoms with van der Waals surface area (Å²) in [5, 5.41) is 0. The lowest BCUT2D eigenvalue weighted by Crippen LogP contribution is -2.41. The summed E-state index contributed by atoms with van der Waals surface area (Å²) >= 11 is 0. The second kappa shape index (κ2) is 2.25. The topological polar surface area (TPSA) is 9.23 Å². The molecule has 1 nitrogen and oxygen atoms in total. The van der Waals surface area contributed by atoms with Crippen molar-refractivity contribution < 1.29 is 4.74 Å². The van der Waals surface area contributed by atoms with Crippen molar-refractivity contribution >= 4 is 0 Å². The van der Waals surface area contributed by atoms with Gasteiger partial charge in [-0.15, -0.1) is 0 Å². The van der Waals surface area contributed by atoms with Gasteiger partial charge in [-0.05, 0) is 49.9 Å². The zero-order valence-corrected chi connectivity index (χ0v) is 7.88. The average Bonchev–Trinajstić information content (AvgIpc) is 2.38. The molecule has 3 aliphatic rings. The Morgan fingerprint density at radius 3 is 2.17 bits per heavy atom. The molecule has 1 saturated heterocycles. The Labute approximate surface area is 74.5 Å². The molecular formula is C11H18O. The van der Waals surface area contributed by atoms with Gasteiger partial charge in [-0.1, -0.05) is 6.92 Å². The molecule has 3 rings (SSSR count). The normalized spacial score (nSPS) is 57.2. The summed E-state index contributed by atoms with van der Waals surface area (Å²) in [6.07, 6.45) is 7.10. The number of ether oxygens (including phenoxy) is 1. The lowest BCUT2D eigenvalue weighted by molar-refractivity contribution is -0.146. The number of rotatable bonds is 0. The first-order chi connectivity index (χ1) is 5.77. The van der Waals surface area contributed by atoms with Gasteiger partial charge in [0, 0.05) is 0 Å². The second-order valence-corrected chi connectivity index (χ2v) is 5.29. The quantitative estimate of drug-likeness (QED) is 0.537. The molecular weight excluding hydrogens is 148 g/mol. The van der Waals surface area contributed by atoms with E-state index in [1.54, 1.807) is 0 Å². The molecule has 1 heteroatoms. The lowest BCUT2D eigenvalue weighted by Gasteiger charge is -2.39. The lowest BCUT2D eigenvalue weighted by atomic mass is 9.89. The van der Waals surface area contributed by atoms with Gasteiger partial charge in [0.25, 0.3) is 0 Å². The molecule has 3 fully saturated rings. The standard InChI is InChI=1S/C11H18O/c1-8-4-9-6-11(2-3-12-11)7-10(9)5-8/h8-10H,2-7H2,1H3/t8?,9-,10+,11?. The van der Waals surface area contributed by atoms with Gasteiger partial charge in [-0.3, -0.25) is 0 Å². The van der Waals surface area contributed by atoms with Gasteiger partial charge in [0.05, 0.1) is 12.2 Å². The molecule has 4 atom stereocenters. The minimum atomic E-state index is 0.398. The summed E-state index contributed by atoms with van der Waals surface area (Å²) in [5.41, 5.74) is 0.398. The maximum absolute atomic E-state index is 5.75. The van der Waals surface area contributed by atoms with Gasteiger partial charge in [0.1, 0.15) is 0 Å². The summed E-state index contributed by atoms with van der Waals surface area (Å²) in [6, 6.07) is 0. The second-order valence-electron chi connectivity index (χ2n) is 5.29. The fourth-order valence-electron chi connectivity index (χ4n) is 3.77. The highest BCUT2D eigenvalue weighted by molar-refractivity contribution is 5.02. The predicted molar refractivity (Wildman–Crippen MR) is 47.9 cm³/mol. The van der Waals surface area contributed by atoms with Crippen LogP contribution in [0.15, 0.2) is 0 Å². The molecule has 0 aromatic heterocycles. The molecule has 0 aromatic rings. The smallest absolute Gasteiger partial charge is 0.0710 e. The van der Waals surface area contributed by atoms with E-state index in [-0.39, 0.29) is 0 Å². The molecule has 0 amide bonds. The van der Waals surface area contributed by atoms with Crippen LogP contribution < -0.4 is 0 Å². The first-order valence-corrected chi connectivity index (χ1v) is 5.41. The molecule has 2 aliphatic carbocycles. The van der Waals surface area contributed by atoms with Crippen LogP contribution in [0.4, 0.5) is 0 Å². The molecule has 12 heavy (non-hydrogen) atoms. The van der Waals surface area contributed by atoms with Crippen molar-refractivity contribution in [3.63, 3.8) is 0 Å². The first kappa shape index (κ1) is 7.37. The van der Waals surface area contributed by atoms with Crippen LogP contribution in [0, 0.1) is 17.8 Å². The van der Waals surface area contributed by atoms with E-state index in [1.165, 1.54) is 32.1 Å². The molecule has 68 valence electrons. The van der Waals surface area contributed by atoms with E-state index in [0.717, 1.165) is 24.4 Å². The Bertz CT molecular complexity index is 179. The first-order valence-electron chi connectivity index (χ1n) is 5.41. The molecule has 2 saturated carbocycles. The van der Waals surface area contributed by atoms with Crippen molar-refractivity contribution in [1.82, 2.24) is 0 Å². The Balaban J connectivity index is 1.73. The Hall–Kier alpha value is -0.0400. The highest BCUT2D eigenvalue weighted by Gasteiger charge is 2.52. The zero-order valence-electron chi connectivity index (χ0n) is 7.88.